The Morgan fingerprint density at radius 1 is 1.09 bits per heavy atom. The Morgan fingerprint density at radius 3 is 2.30 bits per heavy atom. The number of carbonyl (C=O) groups is 2. The number of pyridine rings is 1. The zero-order valence-electron chi connectivity index (χ0n) is 12.7. The maximum atomic E-state index is 11.1. The topological polar surface area (TPSA) is 96.7 Å². The van der Waals surface area contributed by atoms with Gasteiger partial charge in [0.1, 0.15) is 6.61 Å². The fourth-order valence-corrected chi connectivity index (χ4v) is 2.08. The second kappa shape index (κ2) is 7.40. The van der Waals surface area contributed by atoms with E-state index >= 15 is 0 Å². The second-order valence-electron chi connectivity index (χ2n) is 5.04. The average molecular weight is 315 g/mol. The summed E-state index contributed by atoms with van der Waals surface area (Å²) in [6.45, 7) is 2.24. The lowest BCUT2D eigenvalue weighted by Crippen LogP contribution is -2.08. The summed E-state index contributed by atoms with van der Waals surface area (Å²) in [5, 5.41) is 18.1. The molecule has 6 heteroatoms. The van der Waals surface area contributed by atoms with Gasteiger partial charge in [-0.15, -0.1) is 0 Å². The first-order valence-corrected chi connectivity index (χ1v) is 7.18. The molecular formula is C17H17NO5. The van der Waals surface area contributed by atoms with E-state index in [-0.39, 0.29) is 23.6 Å². The molecule has 1 aromatic heterocycles. The SMILES string of the molecule is CCCc1ccc(COc2cc(C(=O)O)cnc2C(=O)O)cc1. The van der Waals surface area contributed by atoms with Crippen molar-refractivity contribution in [3.05, 3.63) is 58.9 Å². The predicted octanol–water partition coefficient (Wildman–Crippen LogP) is 3.01. The number of aromatic carboxylic acids is 2. The minimum atomic E-state index is -1.27. The average Bonchev–Trinajstić information content (AvgIpc) is 2.54. The summed E-state index contributed by atoms with van der Waals surface area (Å²) in [5.41, 5.74) is 1.65. The highest BCUT2D eigenvalue weighted by Gasteiger charge is 2.16. The van der Waals surface area contributed by atoms with Gasteiger partial charge in [-0.05, 0) is 23.6 Å². The van der Waals surface area contributed by atoms with Crippen molar-refractivity contribution in [3.8, 4) is 5.75 Å². The number of hydrogen-bond donors (Lipinski definition) is 2. The Kier molecular flexibility index (Phi) is 5.30. The van der Waals surface area contributed by atoms with E-state index in [1.807, 2.05) is 24.3 Å². The van der Waals surface area contributed by atoms with Crippen LogP contribution in [0.1, 0.15) is 45.3 Å². The molecule has 120 valence electrons. The van der Waals surface area contributed by atoms with E-state index in [1.165, 1.54) is 11.6 Å². The quantitative estimate of drug-likeness (QED) is 0.815. The van der Waals surface area contributed by atoms with Gasteiger partial charge in [0, 0.05) is 6.20 Å². The van der Waals surface area contributed by atoms with Gasteiger partial charge in [-0.25, -0.2) is 14.6 Å². The highest BCUT2D eigenvalue weighted by Crippen LogP contribution is 2.20. The summed E-state index contributed by atoms with van der Waals surface area (Å²) in [5.74, 6) is -2.52. The lowest BCUT2D eigenvalue weighted by molar-refractivity contribution is 0.0670. The number of hydrogen-bond acceptors (Lipinski definition) is 4. The van der Waals surface area contributed by atoms with E-state index < -0.39 is 11.9 Å². The summed E-state index contributed by atoms with van der Waals surface area (Å²) >= 11 is 0. The molecule has 1 aromatic carbocycles. The molecule has 0 spiro atoms. The Hall–Kier alpha value is -2.89. The van der Waals surface area contributed by atoms with Gasteiger partial charge < -0.3 is 14.9 Å². The maximum Gasteiger partial charge on any atom is 0.358 e. The normalized spacial score (nSPS) is 10.3. The van der Waals surface area contributed by atoms with Gasteiger partial charge in [-0.2, -0.15) is 0 Å². The third-order valence-electron chi connectivity index (χ3n) is 3.26. The van der Waals surface area contributed by atoms with Crippen LogP contribution in [0.4, 0.5) is 0 Å². The molecule has 0 atom stereocenters. The van der Waals surface area contributed by atoms with E-state index in [4.69, 9.17) is 14.9 Å². The number of aromatic nitrogens is 1. The number of carboxylic acid groups (broad SMARTS) is 2. The van der Waals surface area contributed by atoms with Crippen molar-refractivity contribution >= 4 is 11.9 Å². The van der Waals surface area contributed by atoms with Crippen LogP contribution in [0.3, 0.4) is 0 Å². The van der Waals surface area contributed by atoms with E-state index in [1.54, 1.807) is 0 Å². The molecule has 0 aliphatic carbocycles. The molecule has 0 unspecified atom stereocenters. The van der Waals surface area contributed by atoms with Gasteiger partial charge in [0.25, 0.3) is 0 Å². The molecule has 2 rings (SSSR count). The van der Waals surface area contributed by atoms with Gasteiger partial charge in [0.15, 0.2) is 11.4 Å². The van der Waals surface area contributed by atoms with Crippen molar-refractivity contribution < 1.29 is 24.5 Å². The minimum absolute atomic E-state index is 0.0602. The van der Waals surface area contributed by atoms with Gasteiger partial charge in [0.2, 0.25) is 0 Å². The van der Waals surface area contributed by atoms with Crippen molar-refractivity contribution in [2.24, 2.45) is 0 Å². The Labute approximate surface area is 133 Å². The van der Waals surface area contributed by atoms with E-state index in [2.05, 4.69) is 11.9 Å². The first-order chi connectivity index (χ1) is 11.0. The molecule has 0 aliphatic rings. The standard InChI is InChI=1S/C17H17NO5/c1-2-3-11-4-6-12(7-5-11)10-23-14-8-13(16(19)20)9-18-15(14)17(21)22/h4-9H,2-3,10H2,1H3,(H,19,20)(H,21,22). The maximum absolute atomic E-state index is 11.1. The molecular weight excluding hydrogens is 298 g/mol. The van der Waals surface area contributed by atoms with Gasteiger partial charge in [0.05, 0.1) is 5.56 Å². The number of aryl methyl sites for hydroxylation is 1. The Morgan fingerprint density at radius 2 is 1.74 bits per heavy atom. The highest BCUT2D eigenvalue weighted by atomic mass is 16.5. The molecule has 6 nitrogen and oxygen atoms in total. The molecule has 0 fully saturated rings. The van der Waals surface area contributed by atoms with Crippen molar-refractivity contribution in [1.29, 1.82) is 0 Å². The third-order valence-corrected chi connectivity index (χ3v) is 3.26. The number of nitrogens with zero attached hydrogens (tertiary/aromatic N) is 1. The lowest BCUT2D eigenvalue weighted by atomic mass is 10.1. The highest BCUT2D eigenvalue weighted by molar-refractivity contribution is 5.92. The molecule has 0 amide bonds. The first kappa shape index (κ1) is 16.5. The zero-order chi connectivity index (χ0) is 16.8. The van der Waals surface area contributed by atoms with Crippen LogP contribution in [0, 0.1) is 0 Å². The van der Waals surface area contributed by atoms with Crippen molar-refractivity contribution in [2.75, 3.05) is 0 Å². The van der Waals surface area contributed by atoms with Gasteiger partial charge >= 0.3 is 11.9 Å². The van der Waals surface area contributed by atoms with Crippen LogP contribution < -0.4 is 4.74 Å². The molecule has 1 heterocycles. The summed E-state index contributed by atoms with van der Waals surface area (Å²) in [6.07, 6.45) is 3.05. The summed E-state index contributed by atoms with van der Waals surface area (Å²) in [4.78, 5) is 25.8. The van der Waals surface area contributed by atoms with Crippen LogP contribution >= 0.6 is 0 Å². The third kappa shape index (κ3) is 4.29. The van der Waals surface area contributed by atoms with Crippen LogP contribution in [0.15, 0.2) is 36.5 Å². The second-order valence-corrected chi connectivity index (χ2v) is 5.04. The Balaban J connectivity index is 2.16. The predicted molar refractivity (Wildman–Crippen MR) is 82.9 cm³/mol. The molecule has 23 heavy (non-hydrogen) atoms. The first-order valence-electron chi connectivity index (χ1n) is 7.18. The molecule has 0 saturated heterocycles. The van der Waals surface area contributed by atoms with Crippen LogP contribution in [-0.4, -0.2) is 27.1 Å². The van der Waals surface area contributed by atoms with Crippen molar-refractivity contribution in [3.63, 3.8) is 0 Å². The minimum Gasteiger partial charge on any atom is -0.486 e. The molecule has 2 N–H and O–H groups in total. The lowest BCUT2D eigenvalue weighted by Gasteiger charge is -2.10. The van der Waals surface area contributed by atoms with Gasteiger partial charge in [-0.3, -0.25) is 0 Å². The monoisotopic (exact) mass is 315 g/mol. The van der Waals surface area contributed by atoms with Crippen LogP contribution in [0.5, 0.6) is 5.75 Å². The van der Waals surface area contributed by atoms with E-state index in [0.717, 1.165) is 24.6 Å². The zero-order valence-corrected chi connectivity index (χ0v) is 12.7. The number of benzene rings is 1. The summed E-state index contributed by atoms with van der Waals surface area (Å²) in [6, 6.07) is 8.96. The van der Waals surface area contributed by atoms with Crippen LogP contribution in [0.2, 0.25) is 0 Å². The summed E-state index contributed by atoms with van der Waals surface area (Å²) in [7, 11) is 0. The number of ether oxygens (including phenoxy) is 1. The number of rotatable bonds is 7. The van der Waals surface area contributed by atoms with Crippen molar-refractivity contribution in [2.45, 2.75) is 26.4 Å². The number of carboxylic acids is 2. The van der Waals surface area contributed by atoms with E-state index in [0.29, 0.717) is 0 Å². The van der Waals surface area contributed by atoms with Crippen LogP contribution in [-0.2, 0) is 13.0 Å². The largest absolute Gasteiger partial charge is 0.486 e. The Bertz CT molecular complexity index is 709. The molecule has 0 saturated carbocycles. The molecule has 0 aliphatic heterocycles. The molecule has 2 aromatic rings. The summed E-state index contributed by atoms with van der Waals surface area (Å²) < 4.78 is 5.47. The van der Waals surface area contributed by atoms with Crippen molar-refractivity contribution in [1.82, 2.24) is 4.98 Å². The molecule has 0 bridgehead atoms. The smallest absolute Gasteiger partial charge is 0.358 e. The molecule has 0 radical (unpaired) electrons. The fraction of sp³-hybridized carbons (Fsp3) is 0.235. The van der Waals surface area contributed by atoms with E-state index in [9.17, 15) is 9.59 Å². The van der Waals surface area contributed by atoms with Gasteiger partial charge in [-0.1, -0.05) is 37.6 Å². The fourth-order valence-electron chi connectivity index (χ4n) is 2.08. The van der Waals surface area contributed by atoms with Crippen LogP contribution in [0.25, 0.3) is 0 Å².